The Morgan fingerprint density at radius 3 is 0.975 bits per heavy atom. The first-order valence-electron chi connectivity index (χ1n) is 12.9. The molecule has 40 heavy (non-hydrogen) atoms. The van der Waals surface area contributed by atoms with Crippen molar-refractivity contribution in [3.05, 3.63) is 68.8 Å². The Morgan fingerprint density at radius 1 is 0.425 bits per heavy atom. The highest BCUT2D eigenvalue weighted by atomic mass is 19.2. The molecule has 0 N–H and O–H groups in total. The molecule has 2 aromatic rings. The van der Waals surface area contributed by atoms with Crippen LogP contribution < -0.4 is 0 Å². The summed E-state index contributed by atoms with van der Waals surface area (Å²) in [5, 5.41) is 0. The maximum atomic E-state index is 13.8. The van der Waals surface area contributed by atoms with Crippen molar-refractivity contribution < 1.29 is 54.2 Å². The van der Waals surface area contributed by atoms with Crippen molar-refractivity contribution in [1.29, 1.82) is 0 Å². The first-order chi connectivity index (χ1) is 18.9. The molecule has 0 spiro atoms. The van der Waals surface area contributed by atoms with Crippen LogP contribution in [0.15, 0.2) is 0 Å². The van der Waals surface area contributed by atoms with Crippen molar-refractivity contribution in [2.75, 3.05) is 13.2 Å². The number of unbranched alkanes of at least 4 members (excludes halogenated alkanes) is 9. The van der Waals surface area contributed by atoms with Gasteiger partial charge in [-0.05, 0) is 26.7 Å². The molecule has 2 aromatic carbocycles. The molecule has 0 atom stereocenters. The van der Waals surface area contributed by atoms with E-state index in [2.05, 4.69) is 0 Å². The van der Waals surface area contributed by atoms with Gasteiger partial charge in [0.1, 0.15) is 11.1 Å². The Labute approximate surface area is 226 Å². The summed E-state index contributed by atoms with van der Waals surface area (Å²) in [4.78, 5) is 23.9. The number of carbonyl (C=O) groups excluding carboxylic acids is 2. The molecule has 0 aliphatic heterocycles. The van der Waals surface area contributed by atoms with Crippen molar-refractivity contribution in [2.45, 2.75) is 78.1 Å². The number of hydrogen-bond donors (Lipinski definition) is 0. The van der Waals surface area contributed by atoms with E-state index in [1.54, 1.807) is 0 Å². The van der Waals surface area contributed by atoms with Gasteiger partial charge in [0.25, 0.3) is 0 Å². The van der Waals surface area contributed by atoms with E-state index in [-0.39, 0.29) is 13.2 Å². The molecule has 4 nitrogen and oxygen atoms in total. The summed E-state index contributed by atoms with van der Waals surface area (Å²) in [5.74, 6) is -17.5. The smallest absolute Gasteiger partial charge is 0.341 e. The van der Waals surface area contributed by atoms with E-state index < -0.39 is 80.7 Å². The molecular formula is C28H30F8O4. The van der Waals surface area contributed by atoms with Crippen molar-refractivity contribution >= 4 is 11.9 Å². The third-order valence-electron chi connectivity index (χ3n) is 6.42. The molecule has 0 saturated heterocycles. The Morgan fingerprint density at radius 2 is 0.675 bits per heavy atom. The maximum Gasteiger partial charge on any atom is 0.341 e. The van der Waals surface area contributed by atoms with Gasteiger partial charge in [-0.15, -0.1) is 0 Å². The molecule has 12 heteroatoms. The third-order valence-corrected chi connectivity index (χ3v) is 6.42. The zero-order valence-electron chi connectivity index (χ0n) is 22.1. The van der Waals surface area contributed by atoms with E-state index in [0.717, 1.165) is 52.4 Å². The topological polar surface area (TPSA) is 52.6 Å². The van der Waals surface area contributed by atoms with Gasteiger partial charge in [-0.1, -0.05) is 51.4 Å². The van der Waals surface area contributed by atoms with Crippen molar-refractivity contribution in [3.63, 3.8) is 0 Å². The zero-order chi connectivity index (χ0) is 30.0. The van der Waals surface area contributed by atoms with Crippen LogP contribution >= 0.6 is 0 Å². The van der Waals surface area contributed by atoms with Crippen molar-refractivity contribution in [2.24, 2.45) is 0 Å². The predicted molar refractivity (Wildman–Crippen MR) is 129 cm³/mol. The summed E-state index contributed by atoms with van der Waals surface area (Å²) < 4.78 is 118. The highest BCUT2D eigenvalue weighted by molar-refractivity contribution is 5.92. The fourth-order valence-corrected chi connectivity index (χ4v) is 4.06. The number of rotatable bonds is 15. The normalized spacial score (nSPS) is 11.2. The van der Waals surface area contributed by atoms with Crippen LogP contribution in [0, 0.1) is 60.4 Å². The predicted octanol–water partition coefficient (Wildman–Crippen LogP) is 8.33. The Kier molecular flexibility index (Phi) is 12.9. The number of esters is 2. The van der Waals surface area contributed by atoms with Crippen molar-refractivity contribution in [3.8, 4) is 0 Å². The second-order valence-corrected chi connectivity index (χ2v) is 9.32. The van der Waals surface area contributed by atoms with Gasteiger partial charge >= 0.3 is 11.9 Å². The van der Waals surface area contributed by atoms with E-state index in [4.69, 9.17) is 9.47 Å². The highest BCUT2D eigenvalue weighted by Crippen LogP contribution is 2.25. The van der Waals surface area contributed by atoms with Gasteiger partial charge in [0, 0.05) is 11.1 Å². The molecule has 0 fully saturated rings. The highest BCUT2D eigenvalue weighted by Gasteiger charge is 2.29. The summed E-state index contributed by atoms with van der Waals surface area (Å²) in [6.45, 7) is 1.75. The summed E-state index contributed by atoms with van der Waals surface area (Å²) in [6.07, 6.45) is 7.68. The number of hydrogen-bond acceptors (Lipinski definition) is 4. The molecule has 0 heterocycles. The van der Waals surface area contributed by atoms with Gasteiger partial charge < -0.3 is 9.47 Å². The van der Waals surface area contributed by atoms with Crippen LogP contribution in [0.3, 0.4) is 0 Å². The van der Waals surface area contributed by atoms with Gasteiger partial charge in [-0.2, -0.15) is 0 Å². The van der Waals surface area contributed by atoms with Crippen LogP contribution in [-0.4, -0.2) is 25.2 Å². The minimum atomic E-state index is -2.07. The number of ether oxygens (including phenoxy) is 2. The molecule has 2 rings (SSSR count). The molecule has 0 amide bonds. The first-order valence-corrected chi connectivity index (χ1v) is 12.9. The van der Waals surface area contributed by atoms with E-state index >= 15 is 0 Å². The number of halogens is 8. The van der Waals surface area contributed by atoms with Crippen LogP contribution in [0.1, 0.15) is 96.1 Å². The minimum absolute atomic E-state index is 0.0832. The number of benzene rings is 2. The quantitative estimate of drug-likeness (QED) is 0.0697. The summed E-state index contributed by atoms with van der Waals surface area (Å²) in [6, 6.07) is 0. The molecule has 0 bridgehead atoms. The van der Waals surface area contributed by atoms with Crippen LogP contribution in [0.2, 0.25) is 0 Å². The SMILES string of the molecule is Cc1c(F)c(F)c(F)c(F)c1C(=O)OCCCCCCCCCCCCOC(=O)c1c(C)c(F)c(F)c(F)c1F. The van der Waals surface area contributed by atoms with Crippen molar-refractivity contribution in [1.82, 2.24) is 0 Å². The summed E-state index contributed by atoms with van der Waals surface area (Å²) in [5.41, 5.74) is -3.24. The lowest BCUT2D eigenvalue weighted by Crippen LogP contribution is -2.15. The summed E-state index contributed by atoms with van der Waals surface area (Å²) in [7, 11) is 0. The molecule has 0 aromatic heterocycles. The average Bonchev–Trinajstić information content (AvgIpc) is 2.93. The lowest BCUT2D eigenvalue weighted by Gasteiger charge is -2.10. The average molecular weight is 583 g/mol. The minimum Gasteiger partial charge on any atom is -0.462 e. The molecule has 0 radical (unpaired) electrons. The first kappa shape index (κ1) is 33.0. The molecule has 0 unspecified atom stereocenters. The monoisotopic (exact) mass is 582 g/mol. The van der Waals surface area contributed by atoms with Crippen LogP contribution in [0.25, 0.3) is 0 Å². The van der Waals surface area contributed by atoms with Gasteiger partial charge in [-0.25, -0.2) is 44.7 Å². The second kappa shape index (κ2) is 15.6. The molecule has 0 aliphatic rings. The lowest BCUT2D eigenvalue weighted by molar-refractivity contribution is 0.0479. The molecular weight excluding hydrogens is 552 g/mol. The molecule has 222 valence electrons. The largest absolute Gasteiger partial charge is 0.462 e. The number of carbonyl (C=O) groups is 2. The van der Waals surface area contributed by atoms with E-state index in [1.165, 1.54) is 0 Å². The van der Waals surface area contributed by atoms with E-state index in [0.29, 0.717) is 25.7 Å². The van der Waals surface area contributed by atoms with Gasteiger partial charge in [0.2, 0.25) is 0 Å². The third kappa shape index (κ3) is 8.17. The summed E-state index contributed by atoms with van der Waals surface area (Å²) >= 11 is 0. The fourth-order valence-electron chi connectivity index (χ4n) is 4.06. The Bertz CT molecular complexity index is 1060. The van der Waals surface area contributed by atoms with Gasteiger partial charge in [0.15, 0.2) is 46.5 Å². The van der Waals surface area contributed by atoms with E-state index in [1.807, 2.05) is 0 Å². The van der Waals surface area contributed by atoms with Crippen LogP contribution in [0.5, 0.6) is 0 Å². The van der Waals surface area contributed by atoms with Gasteiger partial charge in [0.05, 0.1) is 13.2 Å². The zero-order valence-corrected chi connectivity index (χ0v) is 22.1. The Balaban J connectivity index is 1.52. The van der Waals surface area contributed by atoms with Crippen LogP contribution in [0.4, 0.5) is 35.1 Å². The Hall–Kier alpha value is -3.18. The maximum absolute atomic E-state index is 13.8. The van der Waals surface area contributed by atoms with E-state index in [9.17, 15) is 44.7 Å². The van der Waals surface area contributed by atoms with Gasteiger partial charge in [-0.3, -0.25) is 0 Å². The van der Waals surface area contributed by atoms with Crippen LogP contribution in [-0.2, 0) is 9.47 Å². The fraction of sp³-hybridized carbons (Fsp3) is 0.500. The molecule has 0 saturated carbocycles. The molecule has 0 aliphatic carbocycles. The second-order valence-electron chi connectivity index (χ2n) is 9.32. The lowest BCUT2D eigenvalue weighted by atomic mass is 10.1. The standard InChI is InChI=1S/C28H30F8O4/c1-15-17(21(31)25(35)23(33)19(15)29)27(37)39-13-11-9-7-5-3-4-6-8-10-12-14-40-28(38)18-16(2)20(30)24(34)26(36)22(18)32/h3-14H2,1-2H3.